The van der Waals surface area contributed by atoms with Crippen LogP contribution in [0.25, 0.3) is 0 Å². The van der Waals surface area contributed by atoms with Crippen LogP contribution >= 0.6 is 0 Å². The lowest BCUT2D eigenvalue weighted by Gasteiger charge is -2.23. The van der Waals surface area contributed by atoms with E-state index in [0.717, 1.165) is 37.8 Å². The van der Waals surface area contributed by atoms with Gasteiger partial charge in [0.2, 0.25) is 0 Å². The van der Waals surface area contributed by atoms with Crippen molar-refractivity contribution in [3.8, 4) is 5.75 Å². The number of piperidine rings is 1. The second-order valence-electron chi connectivity index (χ2n) is 7.10. The van der Waals surface area contributed by atoms with E-state index >= 15 is 0 Å². The summed E-state index contributed by atoms with van der Waals surface area (Å²) >= 11 is 0. The van der Waals surface area contributed by atoms with Gasteiger partial charge in [0.15, 0.2) is 0 Å². The Labute approximate surface area is 162 Å². The van der Waals surface area contributed by atoms with Crippen molar-refractivity contribution in [2.75, 3.05) is 26.9 Å². The molecule has 0 amide bonds. The Balaban J connectivity index is 0.000000345. The fourth-order valence-corrected chi connectivity index (χ4v) is 3.22. The summed E-state index contributed by atoms with van der Waals surface area (Å²) in [4.78, 5) is 13.2. The summed E-state index contributed by atoms with van der Waals surface area (Å²) in [5.41, 5.74) is 1.32. The Morgan fingerprint density at radius 3 is 2.71 bits per heavy atom. The molecule has 0 bridgehead atoms. The first-order valence-corrected chi connectivity index (χ1v) is 9.41. The molecule has 1 aromatic rings. The second-order valence-corrected chi connectivity index (χ2v) is 7.10. The molecular weight excluding hydrogens is 377 g/mol. The van der Waals surface area contributed by atoms with Crippen molar-refractivity contribution < 1.29 is 32.5 Å². The van der Waals surface area contributed by atoms with Crippen molar-refractivity contribution >= 4 is 5.97 Å². The van der Waals surface area contributed by atoms with Gasteiger partial charge in [-0.1, -0.05) is 6.42 Å². The lowest BCUT2D eigenvalue weighted by atomic mass is 10.1. The molecule has 3 atom stereocenters. The highest BCUT2D eigenvalue weighted by Gasteiger charge is 2.38. The molecule has 1 aromatic heterocycles. The molecule has 1 saturated carbocycles. The van der Waals surface area contributed by atoms with E-state index in [2.05, 4.69) is 16.4 Å². The van der Waals surface area contributed by atoms with Gasteiger partial charge in [-0.05, 0) is 55.7 Å². The molecule has 2 aliphatic rings. The van der Waals surface area contributed by atoms with E-state index in [9.17, 15) is 13.2 Å². The molecular formula is C19H27F3N2O4. The van der Waals surface area contributed by atoms with Crippen LogP contribution in [0, 0.1) is 5.92 Å². The summed E-state index contributed by atoms with van der Waals surface area (Å²) in [6.07, 6.45) is 4.97. The molecule has 1 aliphatic heterocycles. The SMILES string of the molecule is COCC[C@H]1C[C@@H]1c1cncc(OC[C@@H]2CCCCN2)c1.O=C(O)C(F)(F)F. The first-order valence-electron chi connectivity index (χ1n) is 9.41. The van der Waals surface area contributed by atoms with Crippen LogP contribution in [-0.4, -0.2) is 55.1 Å². The van der Waals surface area contributed by atoms with E-state index < -0.39 is 12.1 Å². The Hall–Kier alpha value is -1.87. The molecule has 0 spiro atoms. The number of aromatic nitrogens is 1. The van der Waals surface area contributed by atoms with Gasteiger partial charge in [-0.15, -0.1) is 0 Å². The second kappa shape index (κ2) is 10.6. The summed E-state index contributed by atoms with van der Waals surface area (Å²) in [5.74, 6) is -0.421. The lowest BCUT2D eigenvalue weighted by Crippen LogP contribution is -2.38. The minimum Gasteiger partial charge on any atom is -0.490 e. The van der Waals surface area contributed by atoms with Crippen molar-refractivity contribution in [3.05, 3.63) is 24.0 Å². The Kier molecular flexibility index (Phi) is 8.50. The van der Waals surface area contributed by atoms with Crippen molar-refractivity contribution in [2.24, 2.45) is 5.92 Å². The normalized spacial score (nSPS) is 24.1. The maximum atomic E-state index is 10.6. The number of nitrogens with one attached hydrogen (secondary N) is 1. The fraction of sp³-hybridized carbons (Fsp3) is 0.684. The molecule has 0 aromatic carbocycles. The van der Waals surface area contributed by atoms with Gasteiger partial charge >= 0.3 is 12.1 Å². The maximum Gasteiger partial charge on any atom is 0.490 e. The zero-order valence-electron chi connectivity index (χ0n) is 15.9. The van der Waals surface area contributed by atoms with Crippen LogP contribution < -0.4 is 10.1 Å². The standard InChI is InChI=1S/C17H26N2O2.C2HF3O2/c1-20-7-5-13-9-17(13)14-8-16(11-18-10-14)21-12-15-4-2-3-6-19-15;3-2(4,5)1(6)7/h8,10-11,13,15,17,19H,2-7,9,12H2,1H3;(H,6,7)/t13-,15-,17-;/m0./s1. The molecule has 9 heteroatoms. The zero-order chi connectivity index (χ0) is 20.6. The fourth-order valence-electron chi connectivity index (χ4n) is 3.22. The molecule has 2 fully saturated rings. The number of alkyl halides is 3. The third-order valence-corrected chi connectivity index (χ3v) is 4.88. The number of aliphatic carboxylic acids is 1. The average Bonchev–Trinajstić information content (AvgIpc) is 3.45. The molecule has 6 nitrogen and oxygen atoms in total. The Morgan fingerprint density at radius 1 is 1.36 bits per heavy atom. The highest BCUT2D eigenvalue weighted by molar-refractivity contribution is 5.73. The van der Waals surface area contributed by atoms with Gasteiger partial charge in [0.25, 0.3) is 0 Å². The van der Waals surface area contributed by atoms with Crippen LogP contribution in [0.4, 0.5) is 13.2 Å². The van der Waals surface area contributed by atoms with Crippen molar-refractivity contribution in [3.63, 3.8) is 0 Å². The van der Waals surface area contributed by atoms with Gasteiger partial charge in [-0.2, -0.15) is 13.2 Å². The number of hydrogen-bond acceptors (Lipinski definition) is 5. The van der Waals surface area contributed by atoms with Crippen LogP contribution in [0.5, 0.6) is 5.75 Å². The third kappa shape index (κ3) is 7.63. The van der Waals surface area contributed by atoms with E-state index in [1.165, 1.54) is 31.2 Å². The molecule has 1 aliphatic carbocycles. The lowest BCUT2D eigenvalue weighted by molar-refractivity contribution is -0.192. The Bertz CT molecular complexity index is 621. The first-order chi connectivity index (χ1) is 13.3. The van der Waals surface area contributed by atoms with Crippen LogP contribution in [-0.2, 0) is 9.53 Å². The number of ether oxygens (including phenoxy) is 2. The predicted molar refractivity (Wildman–Crippen MR) is 96.4 cm³/mol. The van der Waals surface area contributed by atoms with Gasteiger partial charge in [0.05, 0.1) is 6.20 Å². The van der Waals surface area contributed by atoms with Gasteiger partial charge in [-0.25, -0.2) is 4.79 Å². The van der Waals surface area contributed by atoms with Crippen molar-refractivity contribution in [2.45, 2.75) is 50.2 Å². The first kappa shape index (κ1) is 22.4. The quantitative estimate of drug-likeness (QED) is 0.725. The maximum absolute atomic E-state index is 10.6. The minimum absolute atomic E-state index is 0.498. The van der Waals surface area contributed by atoms with E-state index in [4.69, 9.17) is 19.4 Å². The zero-order valence-corrected chi connectivity index (χ0v) is 15.9. The van der Waals surface area contributed by atoms with E-state index in [-0.39, 0.29) is 0 Å². The van der Waals surface area contributed by atoms with Gasteiger partial charge in [-0.3, -0.25) is 4.98 Å². The molecule has 28 heavy (non-hydrogen) atoms. The Morgan fingerprint density at radius 2 is 2.11 bits per heavy atom. The number of nitrogens with zero attached hydrogens (tertiary/aromatic N) is 1. The van der Waals surface area contributed by atoms with Crippen LogP contribution in [0.3, 0.4) is 0 Å². The predicted octanol–water partition coefficient (Wildman–Crippen LogP) is 3.38. The summed E-state index contributed by atoms with van der Waals surface area (Å²) < 4.78 is 42.8. The number of hydrogen-bond donors (Lipinski definition) is 2. The average molecular weight is 404 g/mol. The van der Waals surface area contributed by atoms with Crippen LogP contribution in [0.15, 0.2) is 18.5 Å². The summed E-state index contributed by atoms with van der Waals surface area (Å²) in [6.45, 7) is 2.73. The number of pyridine rings is 1. The van der Waals surface area contributed by atoms with E-state index in [1.807, 2.05) is 12.4 Å². The molecule has 158 valence electrons. The number of carboxylic acid groups (broad SMARTS) is 1. The summed E-state index contributed by atoms with van der Waals surface area (Å²) in [6, 6.07) is 2.67. The number of rotatable bonds is 7. The number of methoxy groups -OCH3 is 1. The molecule has 3 rings (SSSR count). The summed E-state index contributed by atoms with van der Waals surface area (Å²) in [5, 5.41) is 10.6. The molecule has 2 N–H and O–H groups in total. The molecule has 2 heterocycles. The van der Waals surface area contributed by atoms with Gasteiger partial charge in [0.1, 0.15) is 12.4 Å². The van der Waals surface area contributed by atoms with Gasteiger partial charge in [0, 0.05) is 26.0 Å². The smallest absolute Gasteiger partial charge is 0.490 e. The number of halogens is 3. The highest BCUT2D eigenvalue weighted by Crippen LogP contribution is 2.49. The summed E-state index contributed by atoms with van der Waals surface area (Å²) in [7, 11) is 1.77. The number of carbonyl (C=O) groups is 1. The van der Waals surface area contributed by atoms with Crippen LogP contribution in [0.1, 0.15) is 43.6 Å². The van der Waals surface area contributed by atoms with Crippen LogP contribution in [0.2, 0.25) is 0 Å². The monoisotopic (exact) mass is 404 g/mol. The van der Waals surface area contributed by atoms with Gasteiger partial charge < -0.3 is 19.9 Å². The van der Waals surface area contributed by atoms with Crippen molar-refractivity contribution in [1.29, 1.82) is 0 Å². The van der Waals surface area contributed by atoms with E-state index in [1.54, 1.807) is 7.11 Å². The minimum atomic E-state index is -5.08. The molecule has 0 unspecified atom stereocenters. The largest absolute Gasteiger partial charge is 0.490 e. The van der Waals surface area contributed by atoms with Crippen molar-refractivity contribution in [1.82, 2.24) is 10.3 Å². The highest BCUT2D eigenvalue weighted by atomic mass is 19.4. The third-order valence-electron chi connectivity index (χ3n) is 4.88. The number of carboxylic acids is 1. The molecule has 0 radical (unpaired) electrons. The molecule has 1 saturated heterocycles. The van der Waals surface area contributed by atoms with E-state index in [0.29, 0.717) is 12.0 Å². The topological polar surface area (TPSA) is 80.7 Å².